The molecule has 1 amide bonds. The Balaban J connectivity index is 3.08. The summed E-state index contributed by atoms with van der Waals surface area (Å²) in [7, 11) is 0. The highest BCUT2D eigenvalue weighted by Gasteiger charge is 2.16. The minimum Gasteiger partial charge on any atom is -0.478 e. The molecule has 0 spiro atoms. The lowest BCUT2D eigenvalue weighted by Crippen LogP contribution is -2.29. The first-order chi connectivity index (χ1) is 8.88. The van der Waals surface area contributed by atoms with Gasteiger partial charge in [-0.2, -0.15) is 0 Å². The molecule has 0 saturated carbocycles. The van der Waals surface area contributed by atoms with Crippen molar-refractivity contribution in [3.05, 3.63) is 33.2 Å². The van der Waals surface area contributed by atoms with E-state index in [0.29, 0.717) is 17.8 Å². The van der Waals surface area contributed by atoms with Crippen LogP contribution in [0.5, 0.6) is 0 Å². The van der Waals surface area contributed by atoms with Gasteiger partial charge in [0.05, 0.1) is 5.56 Å². The maximum Gasteiger partial charge on any atom is 0.337 e. The third kappa shape index (κ3) is 3.43. The van der Waals surface area contributed by atoms with Crippen LogP contribution in [0.1, 0.15) is 35.0 Å². The number of pyridine rings is 1. The Kier molecular flexibility index (Phi) is 4.86. The molecular weight excluding hydrogens is 248 g/mol. The number of aryl methyl sites for hydroxylation is 1. The molecule has 0 fully saturated rings. The smallest absolute Gasteiger partial charge is 0.337 e. The topological polar surface area (TPSA) is 88.4 Å². The van der Waals surface area contributed by atoms with Gasteiger partial charge in [-0.15, -0.1) is 0 Å². The molecule has 0 aliphatic rings. The lowest BCUT2D eigenvalue weighted by Gasteiger charge is -2.13. The van der Waals surface area contributed by atoms with Crippen LogP contribution in [-0.4, -0.2) is 28.1 Å². The maximum atomic E-state index is 11.8. The van der Waals surface area contributed by atoms with E-state index in [1.54, 1.807) is 13.8 Å². The van der Waals surface area contributed by atoms with E-state index < -0.39 is 5.97 Å². The quantitative estimate of drug-likeness (QED) is 0.820. The van der Waals surface area contributed by atoms with Gasteiger partial charge in [-0.3, -0.25) is 9.59 Å². The van der Waals surface area contributed by atoms with Crippen LogP contribution in [0.25, 0.3) is 0 Å². The number of rotatable bonds is 5. The minimum absolute atomic E-state index is 0.121. The number of hydrogen-bond donors (Lipinski definition) is 2. The van der Waals surface area contributed by atoms with Crippen LogP contribution in [0.4, 0.5) is 0 Å². The predicted molar refractivity (Wildman–Crippen MR) is 70.4 cm³/mol. The first-order valence-electron chi connectivity index (χ1n) is 6.09. The highest BCUT2D eigenvalue weighted by Crippen LogP contribution is 2.11. The van der Waals surface area contributed by atoms with Crippen LogP contribution < -0.4 is 10.9 Å². The summed E-state index contributed by atoms with van der Waals surface area (Å²) in [5.41, 5.74) is 0.644. The van der Waals surface area contributed by atoms with Crippen molar-refractivity contribution in [2.45, 2.75) is 33.7 Å². The van der Waals surface area contributed by atoms with Crippen molar-refractivity contribution in [3.8, 4) is 0 Å². The van der Waals surface area contributed by atoms with Gasteiger partial charge in [0.25, 0.3) is 5.56 Å². The highest BCUT2D eigenvalue weighted by atomic mass is 16.4. The standard InChI is InChI=1S/C13H18N2O4/c1-4-14-10(16)5-6-15-9(3)12(13(18)19)8(2)7-11(15)17/h7H,4-6H2,1-3H3,(H,14,16)(H,18,19). The third-order valence-corrected chi connectivity index (χ3v) is 2.92. The van der Waals surface area contributed by atoms with E-state index in [4.69, 9.17) is 5.11 Å². The molecule has 0 aliphatic carbocycles. The zero-order valence-corrected chi connectivity index (χ0v) is 11.3. The third-order valence-electron chi connectivity index (χ3n) is 2.92. The van der Waals surface area contributed by atoms with Crippen molar-refractivity contribution in [3.63, 3.8) is 0 Å². The monoisotopic (exact) mass is 266 g/mol. The Morgan fingerprint density at radius 1 is 1.37 bits per heavy atom. The second kappa shape index (κ2) is 6.17. The molecule has 0 aliphatic heterocycles. The lowest BCUT2D eigenvalue weighted by molar-refractivity contribution is -0.121. The molecule has 0 aromatic carbocycles. The Morgan fingerprint density at radius 3 is 2.53 bits per heavy atom. The van der Waals surface area contributed by atoms with Crippen LogP contribution in [0.15, 0.2) is 10.9 Å². The molecule has 2 N–H and O–H groups in total. The Labute approximate surface area is 111 Å². The normalized spacial score (nSPS) is 10.3. The van der Waals surface area contributed by atoms with Gasteiger partial charge in [0.2, 0.25) is 5.91 Å². The van der Waals surface area contributed by atoms with E-state index in [-0.39, 0.29) is 30.0 Å². The van der Waals surface area contributed by atoms with Crippen molar-refractivity contribution in [1.29, 1.82) is 0 Å². The summed E-state index contributed by atoms with van der Waals surface area (Å²) in [5, 5.41) is 11.8. The second-order valence-electron chi connectivity index (χ2n) is 4.29. The van der Waals surface area contributed by atoms with Gasteiger partial charge in [-0.05, 0) is 26.3 Å². The van der Waals surface area contributed by atoms with E-state index in [1.165, 1.54) is 10.6 Å². The number of nitrogens with one attached hydrogen (secondary N) is 1. The van der Waals surface area contributed by atoms with E-state index in [9.17, 15) is 14.4 Å². The number of carboxylic acids is 1. The van der Waals surface area contributed by atoms with Gasteiger partial charge < -0.3 is 15.0 Å². The fraction of sp³-hybridized carbons (Fsp3) is 0.462. The number of carbonyl (C=O) groups is 2. The molecule has 1 heterocycles. The molecule has 1 rings (SSSR count). The van der Waals surface area contributed by atoms with Gasteiger partial charge in [-0.25, -0.2) is 4.79 Å². The fourth-order valence-corrected chi connectivity index (χ4v) is 2.02. The van der Waals surface area contributed by atoms with E-state index in [1.807, 2.05) is 6.92 Å². The van der Waals surface area contributed by atoms with Gasteiger partial charge in [0.1, 0.15) is 0 Å². The summed E-state index contributed by atoms with van der Waals surface area (Å²) in [4.78, 5) is 34.4. The molecule has 19 heavy (non-hydrogen) atoms. The first-order valence-corrected chi connectivity index (χ1v) is 6.09. The zero-order chi connectivity index (χ0) is 14.6. The van der Waals surface area contributed by atoms with E-state index >= 15 is 0 Å². The van der Waals surface area contributed by atoms with Crippen LogP contribution in [0, 0.1) is 13.8 Å². The molecule has 0 saturated heterocycles. The van der Waals surface area contributed by atoms with Crippen molar-refractivity contribution in [2.24, 2.45) is 0 Å². The largest absolute Gasteiger partial charge is 0.478 e. The Bertz CT molecular complexity index is 560. The second-order valence-corrected chi connectivity index (χ2v) is 4.29. The molecule has 1 aromatic heterocycles. The molecule has 6 nitrogen and oxygen atoms in total. The predicted octanol–water partition coefficient (Wildman–Crippen LogP) is 0.690. The van der Waals surface area contributed by atoms with Crippen LogP contribution >= 0.6 is 0 Å². The van der Waals surface area contributed by atoms with Gasteiger partial charge in [0, 0.05) is 31.3 Å². The number of hydrogen-bond acceptors (Lipinski definition) is 3. The Morgan fingerprint density at radius 2 is 2.00 bits per heavy atom. The van der Waals surface area contributed by atoms with Crippen molar-refractivity contribution in [2.75, 3.05) is 6.54 Å². The average molecular weight is 266 g/mol. The number of nitrogens with zero attached hydrogens (tertiary/aromatic N) is 1. The molecule has 0 bridgehead atoms. The highest BCUT2D eigenvalue weighted by molar-refractivity contribution is 5.90. The molecular formula is C13H18N2O4. The molecule has 0 unspecified atom stereocenters. The number of aromatic nitrogens is 1. The van der Waals surface area contributed by atoms with Crippen LogP contribution in [0.2, 0.25) is 0 Å². The molecule has 6 heteroatoms. The number of aromatic carboxylic acids is 1. The zero-order valence-electron chi connectivity index (χ0n) is 11.3. The minimum atomic E-state index is -1.07. The Hall–Kier alpha value is -2.11. The van der Waals surface area contributed by atoms with E-state index in [0.717, 1.165) is 0 Å². The van der Waals surface area contributed by atoms with E-state index in [2.05, 4.69) is 5.32 Å². The number of amides is 1. The van der Waals surface area contributed by atoms with Crippen molar-refractivity contribution in [1.82, 2.24) is 9.88 Å². The summed E-state index contributed by atoms with van der Waals surface area (Å²) in [5.74, 6) is -1.23. The molecule has 0 atom stereocenters. The molecule has 104 valence electrons. The summed E-state index contributed by atoms with van der Waals surface area (Å²) in [6.45, 7) is 5.68. The lowest BCUT2D eigenvalue weighted by atomic mass is 10.1. The van der Waals surface area contributed by atoms with Crippen LogP contribution in [0.3, 0.4) is 0 Å². The molecule has 0 radical (unpaired) electrons. The summed E-state index contributed by atoms with van der Waals surface area (Å²) in [6, 6.07) is 1.29. The summed E-state index contributed by atoms with van der Waals surface area (Å²) >= 11 is 0. The summed E-state index contributed by atoms with van der Waals surface area (Å²) in [6.07, 6.45) is 0.150. The van der Waals surface area contributed by atoms with Gasteiger partial charge in [-0.1, -0.05) is 0 Å². The fourth-order valence-electron chi connectivity index (χ4n) is 2.02. The maximum absolute atomic E-state index is 11.8. The average Bonchev–Trinajstić information content (AvgIpc) is 2.27. The number of carboxylic acid groups (broad SMARTS) is 1. The summed E-state index contributed by atoms with van der Waals surface area (Å²) < 4.78 is 1.33. The number of carbonyl (C=O) groups excluding carboxylic acids is 1. The van der Waals surface area contributed by atoms with Crippen LogP contribution in [-0.2, 0) is 11.3 Å². The first kappa shape index (κ1) is 14.9. The van der Waals surface area contributed by atoms with Gasteiger partial charge in [0.15, 0.2) is 0 Å². The van der Waals surface area contributed by atoms with Crippen molar-refractivity contribution >= 4 is 11.9 Å². The van der Waals surface area contributed by atoms with Crippen molar-refractivity contribution < 1.29 is 14.7 Å². The van der Waals surface area contributed by atoms with Gasteiger partial charge >= 0.3 is 5.97 Å². The molecule has 1 aromatic rings. The SMILES string of the molecule is CCNC(=O)CCn1c(C)c(C(=O)O)c(C)cc1=O.